The van der Waals surface area contributed by atoms with Crippen LogP contribution in [0, 0.1) is 0 Å². The Balaban J connectivity index is 1.73. The fourth-order valence-electron chi connectivity index (χ4n) is 1.71. The van der Waals surface area contributed by atoms with Crippen LogP contribution < -0.4 is 10.5 Å². The third kappa shape index (κ3) is 4.79. The van der Waals surface area contributed by atoms with Crippen LogP contribution in [0.4, 0.5) is 5.69 Å². The molecule has 0 saturated heterocycles. The molecule has 0 fully saturated rings. The molecule has 21 heavy (non-hydrogen) atoms. The van der Waals surface area contributed by atoms with Crippen LogP contribution >= 0.6 is 15.9 Å². The Bertz CT molecular complexity index is 602. The molecular formula is C16H16BrNO3. The first kappa shape index (κ1) is 15.4. The molecule has 110 valence electrons. The number of rotatable bonds is 6. The zero-order valence-corrected chi connectivity index (χ0v) is 13.0. The number of benzene rings is 2. The Morgan fingerprint density at radius 2 is 1.86 bits per heavy atom. The molecule has 2 N–H and O–H groups in total. The molecule has 0 atom stereocenters. The van der Waals surface area contributed by atoms with Crippen LogP contribution in [0.3, 0.4) is 0 Å². The second-order valence-corrected chi connectivity index (χ2v) is 5.24. The number of nitrogens with two attached hydrogens (primary N) is 1. The summed E-state index contributed by atoms with van der Waals surface area (Å²) in [4.78, 5) is 11.9. The number of para-hydroxylation sites is 1. The largest absolute Gasteiger partial charge is 0.493 e. The molecule has 4 nitrogen and oxygen atoms in total. The average Bonchev–Trinajstić information content (AvgIpc) is 2.50. The fourth-order valence-corrected chi connectivity index (χ4v) is 2.12. The number of carbonyl (C=O) groups excluding carboxylic acids is 1. The Labute approximate surface area is 132 Å². The topological polar surface area (TPSA) is 61.6 Å². The first-order chi connectivity index (χ1) is 10.2. The van der Waals surface area contributed by atoms with E-state index >= 15 is 0 Å². The lowest BCUT2D eigenvalue weighted by atomic mass is 10.2. The highest BCUT2D eigenvalue weighted by Crippen LogP contribution is 2.20. The van der Waals surface area contributed by atoms with E-state index in [2.05, 4.69) is 15.9 Å². The molecule has 0 bridgehead atoms. The van der Waals surface area contributed by atoms with E-state index in [1.165, 1.54) is 0 Å². The standard InChI is InChI=1S/C16H16BrNO3/c17-15-8-7-12(18)11-14(15)16(19)21-10-4-9-20-13-5-2-1-3-6-13/h1-3,5-8,11H,4,9-10,18H2. The van der Waals surface area contributed by atoms with Gasteiger partial charge in [0.1, 0.15) is 5.75 Å². The molecule has 0 heterocycles. The number of halogens is 1. The molecule has 0 aliphatic carbocycles. The minimum Gasteiger partial charge on any atom is -0.493 e. The summed E-state index contributed by atoms with van der Waals surface area (Å²) in [5, 5.41) is 0. The van der Waals surface area contributed by atoms with Crippen molar-refractivity contribution >= 4 is 27.6 Å². The van der Waals surface area contributed by atoms with Crippen LogP contribution in [-0.2, 0) is 4.74 Å². The summed E-state index contributed by atoms with van der Waals surface area (Å²) in [6.07, 6.45) is 0.626. The summed E-state index contributed by atoms with van der Waals surface area (Å²) in [5.74, 6) is 0.413. The van der Waals surface area contributed by atoms with Crippen molar-refractivity contribution in [3.05, 3.63) is 58.6 Å². The predicted molar refractivity (Wildman–Crippen MR) is 85.4 cm³/mol. The fraction of sp³-hybridized carbons (Fsp3) is 0.188. The van der Waals surface area contributed by atoms with Crippen molar-refractivity contribution in [1.82, 2.24) is 0 Å². The van der Waals surface area contributed by atoms with Gasteiger partial charge in [0.05, 0.1) is 18.8 Å². The SMILES string of the molecule is Nc1ccc(Br)c(C(=O)OCCCOc2ccccc2)c1. The van der Waals surface area contributed by atoms with Gasteiger partial charge in [0, 0.05) is 16.6 Å². The van der Waals surface area contributed by atoms with Gasteiger partial charge in [-0.05, 0) is 46.3 Å². The van der Waals surface area contributed by atoms with Crippen LogP contribution in [0.5, 0.6) is 5.75 Å². The minimum atomic E-state index is -0.395. The van der Waals surface area contributed by atoms with Crippen LogP contribution in [-0.4, -0.2) is 19.2 Å². The van der Waals surface area contributed by atoms with Crippen molar-refractivity contribution < 1.29 is 14.3 Å². The summed E-state index contributed by atoms with van der Waals surface area (Å²) in [5.41, 5.74) is 6.61. The van der Waals surface area contributed by atoms with Crippen molar-refractivity contribution in [2.24, 2.45) is 0 Å². The van der Waals surface area contributed by atoms with Gasteiger partial charge in [-0.1, -0.05) is 18.2 Å². The molecule has 0 saturated carbocycles. The van der Waals surface area contributed by atoms with E-state index in [0.717, 1.165) is 5.75 Å². The Hall–Kier alpha value is -2.01. The molecule has 0 aliphatic heterocycles. The summed E-state index contributed by atoms with van der Waals surface area (Å²) in [7, 11) is 0. The summed E-state index contributed by atoms with van der Waals surface area (Å²) in [6, 6.07) is 14.6. The number of ether oxygens (including phenoxy) is 2. The van der Waals surface area contributed by atoms with Crippen LogP contribution in [0.15, 0.2) is 53.0 Å². The molecule has 0 radical (unpaired) electrons. The Kier molecular flexibility index (Phi) is 5.63. The molecule has 0 unspecified atom stereocenters. The Morgan fingerprint density at radius 3 is 2.62 bits per heavy atom. The summed E-state index contributed by atoms with van der Waals surface area (Å²) >= 11 is 3.30. The number of hydrogen-bond acceptors (Lipinski definition) is 4. The van der Waals surface area contributed by atoms with E-state index in [1.54, 1.807) is 18.2 Å². The van der Waals surface area contributed by atoms with Gasteiger partial charge in [-0.2, -0.15) is 0 Å². The molecule has 0 aliphatic rings. The van der Waals surface area contributed by atoms with E-state index in [9.17, 15) is 4.79 Å². The number of carbonyl (C=O) groups is 1. The maximum atomic E-state index is 11.9. The van der Waals surface area contributed by atoms with Gasteiger partial charge in [-0.25, -0.2) is 4.79 Å². The molecule has 2 aromatic carbocycles. The van der Waals surface area contributed by atoms with Crippen LogP contribution in [0.1, 0.15) is 16.8 Å². The normalized spacial score (nSPS) is 10.1. The maximum Gasteiger partial charge on any atom is 0.339 e. The van der Waals surface area contributed by atoms with Crippen molar-refractivity contribution in [3.8, 4) is 5.75 Å². The molecule has 0 aromatic heterocycles. The first-order valence-electron chi connectivity index (χ1n) is 6.57. The summed E-state index contributed by atoms with van der Waals surface area (Å²) < 4.78 is 11.4. The number of hydrogen-bond donors (Lipinski definition) is 1. The third-order valence-electron chi connectivity index (χ3n) is 2.74. The van der Waals surface area contributed by atoms with E-state index < -0.39 is 5.97 Å². The maximum absolute atomic E-state index is 11.9. The summed E-state index contributed by atoms with van der Waals surface area (Å²) in [6.45, 7) is 0.794. The van der Waals surface area contributed by atoms with E-state index in [4.69, 9.17) is 15.2 Å². The molecular weight excluding hydrogens is 334 g/mol. The highest BCUT2D eigenvalue weighted by Gasteiger charge is 2.11. The first-order valence-corrected chi connectivity index (χ1v) is 7.36. The third-order valence-corrected chi connectivity index (χ3v) is 3.44. The molecule has 0 spiro atoms. The quantitative estimate of drug-likeness (QED) is 0.491. The number of nitrogen functional groups attached to an aromatic ring is 1. The van der Waals surface area contributed by atoms with Crippen LogP contribution in [0.2, 0.25) is 0 Å². The zero-order valence-electron chi connectivity index (χ0n) is 11.4. The molecule has 0 amide bonds. The molecule has 2 rings (SSSR count). The van der Waals surface area contributed by atoms with Crippen LogP contribution in [0.25, 0.3) is 0 Å². The van der Waals surface area contributed by atoms with Crippen molar-refractivity contribution in [1.29, 1.82) is 0 Å². The van der Waals surface area contributed by atoms with Gasteiger partial charge in [-0.3, -0.25) is 0 Å². The zero-order chi connectivity index (χ0) is 15.1. The highest BCUT2D eigenvalue weighted by molar-refractivity contribution is 9.10. The second kappa shape index (κ2) is 7.69. The monoisotopic (exact) mass is 349 g/mol. The van der Waals surface area contributed by atoms with Crippen molar-refractivity contribution in [3.63, 3.8) is 0 Å². The van der Waals surface area contributed by atoms with Gasteiger partial charge in [0.15, 0.2) is 0 Å². The second-order valence-electron chi connectivity index (χ2n) is 4.39. The average molecular weight is 350 g/mol. The van der Waals surface area contributed by atoms with E-state index in [1.807, 2.05) is 30.3 Å². The predicted octanol–water partition coefficient (Wildman–Crippen LogP) is 3.66. The van der Waals surface area contributed by atoms with Gasteiger partial charge in [-0.15, -0.1) is 0 Å². The lowest BCUT2D eigenvalue weighted by Crippen LogP contribution is -2.10. The van der Waals surface area contributed by atoms with E-state index in [-0.39, 0.29) is 0 Å². The lowest BCUT2D eigenvalue weighted by Gasteiger charge is -2.08. The van der Waals surface area contributed by atoms with Crippen molar-refractivity contribution in [2.45, 2.75) is 6.42 Å². The number of esters is 1. The lowest BCUT2D eigenvalue weighted by molar-refractivity contribution is 0.0485. The molecule has 2 aromatic rings. The smallest absolute Gasteiger partial charge is 0.339 e. The minimum absolute atomic E-state index is 0.299. The van der Waals surface area contributed by atoms with Gasteiger partial charge < -0.3 is 15.2 Å². The van der Waals surface area contributed by atoms with Gasteiger partial charge in [0.25, 0.3) is 0 Å². The number of anilines is 1. The van der Waals surface area contributed by atoms with E-state index in [0.29, 0.717) is 35.4 Å². The van der Waals surface area contributed by atoms with Gasteiger partial charge >= 0.3 is 5.97 Å². The van der Waals surface area contributed by atoms with Gasteiger partial charge in [0.2, 0.25) is 0 Å². The highest BCUT2D eigenvalue weighted by atomic mass is 79.9. The van der Waals surface area contributed by atoms with Crippen molar-refractivity contribution in [2.75, 3.05) is 18.9 Å². The molecule has 5 heteroatoms. The Morgan fingerprint density at radius 1 is 1.10 bits per heavy atom.